The van der Waals surface area contributed by atoms with Crippen molar-refractivity contribution >= 4 is 0 Å². The summed E-state index contributed by atoms with van der Waals surface area (Å²) in [6.45, 7) is 2.21. The molecule has 3 heteroatoms. The van der Waals surface area contributed by atoms with E-state index in [1.165, 1.54) is 5.56 Å². The zero-order valence-corrected chi connectivity index (χ0v) is 10.3. The van der Waals surface area contributed by atoms with Gasteiger partial charge >= 0.3 is 0 Å². The van der Waals surface area contributed by atoms with Crippen LogP contribution in [-0.4, -0.2) is 16.7 Å². The molecule has 90 valence electrons. The molecule has 1 heterocycles. The van der Waals surface area contributed by atoms with Crippen molar-refractivity contribution in [1.82, 2.24) is 9.55 Å². The van der Waals surface area contributed by atoms with Crippen LogP contribution in [0, 0.1) is 0 Å². The number of rotatable bonds is 5. The molecule has 1 aromatic carbocycles. The average Bonchev–Trinajstić information content (AvgIpc) is 2.90. The zero-order chi connectivity index (χ0) is 12.1. The fourth-order valence-corrected chi connectivity index (χ4v) is 1.95. The number of aryl methyl sites for hydroxylation is 1. The molecule has 0 bridgehead atoms. The number of aromatic nitrogens is 2. The first-order chi connectivity index (χ1) is 8.31. The van der Waals surface area contributed by atoms with Gasteiger partial charge in [0, 0.05) is 18.4 Å². The smallest absolute Gasteiger partial charge is 0.122 e. The highest BCUT2D eigenvalue weighted by atomic mass is 16.5. The fraction of sp³-hybridized carbons (Fsp3) is 0.357. The first-order valence-corrected chi connectivity index (χ1v) is 5.90. The lowest BCUT2D eigenvalue weighted by Crippen LogP contribution is -2.04. The Labute approximate surface area is 102 Å². The van der Waals surface area contributed by atoms with E-state index in [1.54, 1.807) is 7.11 Å². The number of nitrogens with zero attached hydrogens (tertiary/aromatic N) is 2. The topological polar surface area (TPSA) is 27.1 Å². The van der Waals surface area contributed by atoms with Crippen LogP contribution < -0.4 is 4.74 Å². The highest BCUT2D eigenvalue weighted by Crippen LogP contribution is 2.21. The van der Waals surface area contributed by atoms with Crippen molar-refractivity contribution in [1.29, 1.82) is 0 Å². The minimum Gasteiger partial charge on any atom is -0.496 e. The summed E-state index contributed by atoms with van der Waals surface area (Å²) in [7, 11) is 1.72. The van der Waals surface area contributed by atoms with Crippen molar-refractivity contribution < 1.29 is 4.74 Å². The first-order valence-electron chi connectivity index (χ1n) is 5.90. The molecule has 2 aromatic rings. The Morgan fingerprint density at radius 2 is 2.18 bits per heavy atom. The first kappa shape index (κ1) is 11.7. The van der Waals surface area contributed by atoms with Gasteiger partial charge in [0.2, 0.25) is 0 Å². The summed E-state index contributed by atoms with van der Waals surface area (Å²) in [5.41, 5.74) is 1.27. The molecular weight excluding hydrogens is 212 g/mol. The molecule has 2 rings (SSSR count). The summed E-state index contributed by atoms with van der Waals surface area (Å²) in [4.78, 5) is 4.07. The van der Waals surface area contributed by atoms with Crippen LogP contribution in [-0.2, 0) is 6.42 Å². The molecular formula is C14H18N2O. The van der Waals surface area contributed by atoms with Crippen LogP contribution in [0.4, 0.5) is 0 Å². The lowest BCUT2D eigenvalue weighted by Gasteiger charge is -2.14. The van der Waals surface area contributed by atoms with Crippen LogP contribution in [0.15, 0.2) is 43.0 Å². The quantitative estimate of drug-likeness (QED) is 0.789. The maximum Gasteiger partial charge on any atom is 0.122 e. The van der Waals surface area contributed by atoms with Crippen LogP contribution in [0.2, 0.25) is 0 Å². The molecule has 0 N–H and O–H groups in total. The van der Waals surface area contributed by atoms with Crippen LogP contribution in [0.5, 0.6) is 5.75 Å². The molecule has 0 aliphatic rings. The molecule has 0 spiro atoms. The van der Waals surface area contributed by atoms with Crippen LogP contribution in [0.3, 0.4) is 0 Å². The summed E-state index contributed by atoms with van der Waals surface area (Å²) in [5, 5.41) is 0. The van der Waals surface area contributed by atoms with Gasteiger partial charge in [-0.3, -0.25) is 0 Å². The molecule has 1 unspecified atom stereocenters. The van der Waals surface area contributed by atoms with E-state index in [2.05, 4.69) is 28.6 Å². The third-order valence-corrected chi connectivity index (χ3v) is 3.06. The lowest BCUT2D eigenvalue weighted by atomic mass is 10.1. The standard InChI is InChI=1S/C14H18N2O/c1-12(16-10-9-15-11-16)7-8-13-5-3-4-6-14(13)17-2/h3-6,9-12H,7-8H2,1-2H3. The molecule has 3 nitrogen and oxygen atoms in total. The average molecular weight is 230 g/mol. The highest BCUT2D eigenvalue weighted by Gasteiger charge is 2.06. The van der Waals surface area contributed by atoms with Gasteiger partial charge < -0.3 is 9.30 Å². The Kier molecular flexibility index (Phi) is 3.81. The second kappa shape index (κ2) is 5.53. The van der Waals surface area contributed by atoms with Crippen molar-refractivity contribution in [3.63, 3.8) is 0 Å². The Hall–Kier alpha value is -1.77. The normalized spacial score (nSPS) is 12.4. The molecule has 1 atom stereocenters. The van der Waals surface area contributed by atoms with Gasteiger partial charge in [-0.25, -0.2) is 4.98 Å². The summed E-state index contributed by atoms with van der Waals surface area (Å²) in [6.07, 6.45) is 7.79. The van der Waals surface area contributed by atoms with E-state index < -0.39 is 0 Å². The van der Waals surface area contributed by atoms with Crippen molar-refractivity contribution in [2.45, 2.75) is 25.8 Å². The molecule has 1 aromatic heterocycles. The van der Waals surface area contributed by atoms with Crippen LogP contribution in [0.25, 0.3) is 0 Å². The van der Waals surface area contributed by atoms with E-state index in [1.807, 2.05) is 30.9 Å². The summed E-state index contributed by atoms with van der Waals surface area (Å²) >= 11 is 0. The van der Waals surface area contributed by atoms with Gasteiger partial charge in [0.15, 0.2) is 0 Å². The summed E-state index contributed by atoms with van der Waals surface area (Å²) in [5.74, 6) is 0.977. The Balaban J connectivity index is 1.98. The highest BCUT2D eigenvalue weighted by molar-refractivity contribution is 5.33. The second-order valence-corrected chi connectivity index (χ2v) is 4.21. The van der Waals surface area contributed by atoms with Gasteiger partial charge in [-0.1, -0.05) is 18.2 Å². The molecule has 0 saturated carbocycles. The molecule has 0 saturated heterocycles. The minimum atomic E-state index is 0.461. The third-order valence-electron chi connectivity index (χ3n) is 3.06. The number of para-hydroxylation sites is 1. The zero-order valence-electron chi connectivity index (χ0n) is 10.3. The van der Waals surface area contributed by atoms with E-state index in [0.717, 1.165) is 18.6 Å². The Bertz CT molecular complexity index is 451. The van der Waals surface area contributed by atoms with Crippen molar-refractivity contribution in [3.8, 4) is 5.75 Å². The monoisotopic (exact) mass is 230 g/mol. The predicted octanol–water partition coefficient (Wildman–Crippen LogP) is 3.09. The second-order valence-electron chi connectivity index (χ2n) is 4.21. The summed E-state index contributed by atoms with van der Waals surface area (Å²) in [6, 6.07) is 8.65. The van der Waals surface area contributed by atoms with Crippen molar-refractivity contribution in [2.75, 3.05) is 7.11 Å². The fourth-order valence-electron chi connectivity index (χ4n) is 1.95. The maximum atomic E-state index is 5.35. The number of hydrogen-bond donors (Lipinski definition) is 0. The molecule has 0 radical (unpaired) electrons. The van der Waals surface area contributed by atoms with E-state index in [-0.39, 0.29) is 0 Å². The van der Waals surface area contributed by atoms with Gasteiger partial charge in [0.05, 0.1) is 13.4 Å². The van der Waals surface area contributed by atoms with Gasteiger partial charge in [0.25, 0.3) is 0 Å². The minimum absolute atomic E-state index is 0.461. The van der Waals surface area contributed by atoms with E-state index >= 15 is 0 Å². The molecule has 0 aliphatic heterocycles. The van der Waals surface area contributed by atoms with Crippen LogP contribution in [0.1, 0.15) is 24.9 Å². The number of hydrogen-bond acceptors (Lipinski definition) is 2. The van der Waals surface area contributed by atoms with E-state index in [0.29, 0.717) is 6.04 Å². The third kappa shape index (κ3) is 2.87. The lowest BCUT2D eigenvalue weighted by molar-refractivity contribution is 0.406. The molecule has 0 amide bonds. The maximum absolute atomic E-state index is 5.35. The van der Waals surface area contributed by atoms with Crippen molar-refractivity contribution in [2.24, 2.45) is 0 Å². The van der Waals surface area contributed by atoms with E-state index in [9.17, 15) is 0 Å². The Morgan fingerprint density at radius 3 is 2.88 bits per heavy atom. The molecule has 0 fully saturated rings. The van der Waals surface area contributed by atoms with Gasteiger partial charge in [-0.05, 0) is 31.4 Å². The number of imidazole rings is 1. The van der Waals surface area contributed by atoms with Gasteiger partial charge in [-0.15, -0.1) is 0 Å². The number of methoxy groups -OCH3 is 1. The largest absolute Gasteiger partial charge is 0.496 e. The van der Waals surface area contributed by atoms with Crippen LogP contribution >= 0.6 is 0 Å². The van der Waals surface area contributed by atoms with E-state index in [4.69, 9.17) is 4.74 Å². The Morgan fingerprint density at radius 1 is 1.35 bits per heavy atom. The SMILES string of the molecule is COc1ccccc1CCC(C)n1ccnc1. The van der Waals surface area contributed by atoms with Crippen molar-refractivity contribution in [3.05, 3.63) is 48.5 Å². The van der Waals surface area contributed by atoms with Gasteiger partial charge in [0.1, 0.15) is 5.75 Å². The number of benzene rings is 1. The van der Waals surface area contributed by atoms with Gasteiger partial charge in [-0.2, -0.15) is 0 Å². The molecule has 0 aliphatic carbocycles. The number of ether oxygens (including phenoxy) is 1. The molecule has 17 heavy (non-hydrogen) atoms. The summed E-state index contributed by atoms with van der Waals surface area (Å²) < 4.78 is 7.48. The predicted molar refractivity (Wildman–Crippen MR) is 68.3 cm³/mol.